The summed E-state index contributed by atoms with van der Waals surface area (Å²) >= 11 is 8.63. The molecule has 0 bridgehead atoms. The molecule has 0 spiro atoms. The zero-order valence-electron chi connectivity index (χ0n) is 14.2. The van der Waals surface area contributed by atoms with Gasteiger partial charge < -0.3 is 4.90 Å². The van der Waals surface area contributed by atoms with E-state index in [4.69, 9.17) is 12.2 Å². The van der Waals surface area contributed by atoms with E-state index in [9.17, 15) is 0 Å². The summed E-state index contributed by atoms with van der Waals surface area (Å²) < 4.78 is 0.453. The van der Waals surface area contributed by atoms with Gasteiger partial charge in [-0.2, -0.15) is 0 Å². The lowest BCUT2D eigenvalue weighted by Crippen LogP contribution is -2.45. The summed E-state index contributed by atoms with van der Waals surface area (Å²) in [4.78, 5) is 3.84. The predicted octanol–water partition coefficient (Wildman–Crippen LogP) is 5.99. The third-order valence-corrected chi connectivity index (χ3v) is 7.47. The van der Waals surface area contributed by atoms with Gasteiger partial charge in [0.25, 0.3) is 0 Å². The highest BCUT2D eigenvalue weighted by atomic mass is 127. The highest BCUT2D eigenvalue weighted by Gasteiger charge is 2.48. The van der Waals surface area contributed by atoms with E-state index in [0.29, 0.717) is 15.5 Å². The highest BCUT2D eigenvalue weighted by molar-refractivity contribution is 14.1. The predicted molar refractivity (Wildman–Crippen MR) is 105 cm³/mol. The summed E-state index contributed by atoms with van der Waals surface area (Å²) in [7, 11) is 0. The van der Waals surface area contributed by atoms with Crippen molar-refractivity contribution in [2.45, 2.75) is 94.6 Å². The van der Waals surface area contributed by atoms with Crippen LogP contribution in [0.4, 0.5) is 0 Å². The number of hydrogen-bond donors (Lipinski definition) is 0. The Morgan fingerprint density at radius 3 is 2.48 bits per heavy atom. The molecule has 1 heterocycles. The molecule has 0 aromatic carbocycles. The van der Waals surface area contributed by atoms with Crippen LogP contribution in [0, 0.1) is 11.8 Å². The number of nitrogens with zero attached hydrogens (tertiary/aromatic N) is 1. The molecule has 1 nitrogen and oxygen atoms in total. The minimum Gasteiger partial charge on any atom is -0.360 e. The van der Waals surface area contributed by atoms with E-state index < -0.39 is 0 Å². The van der Waals surface area contributed by atoms with Crippen LogP contribution in [0.2, 0.25) is 0 Å². The number of thiocarbonyl (C=S) groups is 1. The lowest BCUT2D eigenvalue weighted by atomic mass is 9.77. The first-order chi connectivity index (χ1) is 9.85. The van der Waals surface area contributed by atoms with Crippen LogP contribution >= 0.6 is 34.8 Å². The molecule has 3 unspecified atom stereocenters. The van der Waals surface area contributed by atoms with E-state index in [1.165, 1.54) is 49.9 Å². The van der Waals surface area contributed by atoms with Crippen molar-refractivity contribution >= 4 is 39.8 Å². The summed E-state index contributed by atoms with van der Waals surface area (Å²) in [6, 6.07) is 1.26. The van der Waals surface area contributed by atoms with Crippen molar-refractivity contribution < 1.29 is 0 Å². The second-order valence-electron chi connectivity index (χ2n) is 7.86. The summed E-state index contributed by atoms with van der Waals surface area (Å²) in [5.74, 6) is 1.55. The molecule has 3 heteroatoms. The minimum atomic E-state index is 0.453. The number of halogens is 1. The van der Waals surface area contributed by atoms with Crippen LogP contribution in [-0.2, 0) is 0 Å². The fraction of sp³-hybridized carbons (Fsp3) is 0.944. The first-order valence-electron chi connectivity index (χ1n) is 8.85. The highest BCUT2D eigenvalue weighted by Crippen LogP contribution is 2.49. The molecular weight excluding hydrogens is 389 g/mol. The van der Waals surface area contributed by atoms with Gasteiger partial charge in [-0.3, -0.25) is 0 Å². The molecular formula is C18H32INS. The van der Waals surface area contributed by atoms with Gasteiger partial charge in [-0.05, 0) is 39.0 Å². The van der Waals surface area contributed by atoms with Gasteiger partial charge in [0.1, 0.15) is 0 Å². The molecule has 2 aliphatic rings. The van der Waals surface area contributed by atoms with Crippen LogP contribution in [-0.4, -0.2) is 25.4 Å². The summed E-state index contributed by atoms with van der Waals surface area (Å²) in [5, 5.41) is 0. The van der Waals surface area contributed by atoms with Gasteiger partial charge in [0, 0.05) is 27.8 Å². The molecule has 1 aliphatic carbocycles. The first kappa shape index (κ1) is 18.0. The number of alkyl halides is 1. The van der Waals surface area contributed by atoms with Gasteiger partial charge in [0.2, 0.25) is 0 Å². The Morgan fingerprint density at radius 2 is 1.86 bits per heavy atom. The van der Waals surface area contributed by atoms with Crippen molar-refractivity contribution in [2.24, 2.45) is 11.8 Å². The number of hydrogen-bond acceptors (Lipinski definition) is 1. The van der Waals surface area contributed by atoms with Gasteiger partial charge in [-0.1, -0.05) is 74.3 Å². The Balaban J connectivity index is 2.30. The van der Waals surface area contributed by atoms with Crippen LogP contribution in [0.15, 0.2) is 0 Å². The monoisotopic (exact) mass is 421 g/mol. The van der Waals surface area contributed by atoms with E-state index in [0.717, 1.165) is 18.3 Å². The van der Waals surface area contributed by atoms with Gasteiger partial charge in [0.05, 0.1) is 4.99 Å². The van der Waals surface area contributed by atoms with Crippen LogP contribution in [0.3, 0.4) is 0 Å². The Labute approximate surface area is 150 Å². The summed E-state index contributed by atoms with van der Waals surface area (Å²) in [5.41, 5.74) is 0. The first-order valence-corrected chi connectivity index (χ1v) is 10.3. The molecule has 21 heavy (non-hydrogen) atoms. The Hall–Kier alpha value is 0.620. The van der Waals surface area contributed by atoms with Gasteiger partial charge >= 0.3 is 0 Å². The fourth-order valence-electron chi connectivity index (χ4n) is 4.59. The smallest absolute Gasteiger partial charge is 0.0788 e. The van der Waals surface area contributed by atoms with Gasteiger partial charge in [0.15, 0.2) is 0 Å². The topological polar surface area (TPSA) is 3.24 Å². The molecule has 2 rings (SSSR count). The maximum atomic E-state index is 5.79. The maximum Gasteiger partial charge on any atom is 0.0788 e. The maximum absolute atomic E-state index is 5.79. The van der Waals surface area contributed by atoms with Gasteiger partial charge in [-0.15, -0.1) is 0 Å². The molecule has 0 aromatic rings. The zero-order chi connectivity index (χ0) is 15.6. The normalized spacial score (nSPS) is 34.8. The van der Waals surface area contributed by atoms with Crippen LogP contribution < -0.4 is 0 Å². The molecule has 122 valence electrons. The van der Waals surface area contributed by atoms with Crippen molar-refractivity contribution in [3.63, 3.8) is 0 Å². The van der Waals surface area contributed by atoms with Crippen molar-refractivity contribution in [1.29, 1.82) is 0 Å². The average Bonchev–Trinajstić information content (AvgIpc) is 2.71. The average molecular weight is 421 g/mol. The molecule has 3 atom stereocenters. The Kier molecular flexibility index (Phi) is 6.38. The zero-order valence-corrected chi connectivity index (χ0v) is 17.2. The summed E-state index contributed by atoms with van der Waals surface area (Å²) in [6.45, 7) is 9.41. The van der Waals surface area contributed by atoms with E-state index >= 15 is 0 Å². The largest absolute Gasteiger partial charge is 0.360 e. The lowest BCUT2D eigenvalue weighted by Gasteiger charge is -2.41. The molecule has 1 aliphatic heterocycles. The molecule has 1 saturated heterocycles. The fourth-order valence-corrected chi connectivity index (χ4v) is 7.01. The lowest BCUT2D eigenvalue weighted by molar-refractivity contribution is 0.188. The molecule has 0 aromatic heterocycles. The molecule has 0 N–H and O–H groups in total. The third-order valence-electron chi connectivity index (χ3n) is 5.32. The number of rotatable bonds is 3. The molecule has 1 saturated carbocycles. The Bertz CT molecular complexity index is 368. The quantitative estimate of drug-likeness (QED) is 0.313. The minimum absolute atomic E-state index is 0.453. The molecule has 0 amide bonds. The van der Waals surface area contributed by atoms with Crippen molar-refractivity contribution in [1.82, 2.24) is 4.90 Å². The SMILES string of the molecule is CC(C)CC1(I)CCCCCCC2C1CC(=S)N2C(C)C. The standard InChI is InChI=1S/C18H32INS/c1-13(2)12-18(19)10-8-6-5-7-9-16-15(18)11-17(21)20(16)14(3)4/h13-16H,5-12H2,1-4H3. The second-order valence-corrected chi connectivity index (χ2v) is 10.5. The van der Waals surface area contributed by atoms with Crippen LogP contribution in [0.5, 0.6) is 0 Å². The van der Waals surface area contributed by atoms with E-state index in [2.05, 4.69) is 55.2 Å². The van der Waals surface area contributed by atoms with E-state index in [-0.39, 0.29) is 0 Å². The van der Waals surface area contributed by atoms with Crippen molar-refractivity contribution in [3.8, 4) is 0 Å². The Morgan fingerprint density at radius 1 is 1.19 bits per heavy atom. The van der Waals surface area contributed by atoms with Crippen LogP contribution in [0.1, 0.15) is 79.1 Å². The van der Waals surface area contributed by atoms with Crippen LogP contribution in [0.25, 0.3) is 0 Å². The summed E-state index contributed by atoms with van der Waals surface area (Å²) in [6.07, 6.45) is 10.9. The molecule has 2 fully saturated rings. The van der Waals surface area contributed by atoms with E-state index in [1.807, 2.05) is 0 Å². The number of fused-ring (bicyclic) bond motifs is 1. The van der Waals surface area contributed by atoms with Crippen molar-refractivity contribution in [3.05, 3.63) is 0 Å². The third kappa shape index (κ3) is 4.13. The second kappa shape index (κ2) is 7.46. The van der Waals surface area contributed by atoms with Gasteiger partial charge in [-0.25, -0.2) is 0 Å². The van der Waals surface area contributed by atoms with Crippen molar-refractivity contribution in [2.75, 3.05) is 0 Å². The van der Waals surface area contributed by atoms with E-state index in [1.54, 1.807) is 0 Å². The number of likely N-dealkylation sites (tertiary alicyclic amines) is 1. The molecule has 0 radical (unpaired) electrons.